The lowest BCUT2D eigenvalue weighted by molar-refractivity contribution is -0.118. The molecule has 0 aromatic carbocycles. The number of rotatable bonds is 2. The molecule has 1 rings (SSSR count). The topological polar surface area (TPSA) is 37.3 Å². The molecule has 1 fully saturated rings. The summed E-state index contributed by atoms with van der Waals surface area (Å²) in [5.74, 6) is 0.476. The highest BCUT2D eigenvalue weighted by Crippen LogP contribution is 2.28. The second kappa shape index (κ2) is 4.16. The van der Waals surface area contributed by atoms with Crippen LogP contribution in [0.15, 0.2) is 11.8 Å². The van der Waals surface area contributed by atoms with Gasteiger partial charge in [0.05, 0.1) is 0 Å². The Morgan fingerprint density at radius 1 is 1.29 bits per heavy atom. The van der Waals surface area contributed by atoms with Gasteiger partial charge >= 0.3 is 0 Å². The molecule has 0 unspecified atom stereocenters. The molecule has 0 bridgehead atoms. The molecule has 80 valence electrons. The second-order valence-corrected chi connectivity index (χ2v) is 5.16. The Labute approximate surface area is 86.0 Å². The summed E-state index contributed by atoms with van der Waals surface area (Å²) in [7, 11) is 0. The molecule has 1 N–H and O–H groups in total. The molecular weight excluding hydrogens is 176 g/mol. The molecule has 1 aliphatic rings. The molecule has 2 heteroatoms. The predicted octanol–water partition coefficient (Wildman–Crippen LogP) is 3.23. The van der Waals surface area contributed by atoms with Crippen LogP contribution in [0.25, 0.3) is 0 Å². The monoisotopic (exact) mass is 196 g/mol. The first-order valence-electron chi connectivity index (χ1n) is 5.36. The average Bonchev–Trinajstić information content (AvgIpc) is 2.53. The van der Waals surface area contributed by atoms with Crippen molar-refractivity contribution in [1.29, 1.82) is 0 Å². The summed E-state index contributed by atoms with van der Waals surface area (Å²) in [6, 6.07) is 0. The lowest BCUT2D eigenvalue weighted by Crippen LogP contribution is -2.14. The third kappa shape index (κ3) is 2.86. The van der Waals surface area contributed by atoms with E-state index >= 15 is 0 Å². The molecule has 1 aliphatic carbocycles. The largest absolute Gasteiger partial charge is 0.512 e. The summed E-state index contributed by atoms with van der Waals surface area (Å²) in [6.45, 7) is 5.71. The number of allylic oxidation sites excluding steroid dienone is 2. The number of carbonyl (C=O) groups is 1. The van der Waals surface area contributed by atoms with Crippen LogP contribution >= 0.6 is 0 Å². The molecule has 0 heterocycles. The zero-order chi connectivity index (χ0) is 10.8. The fourth-order valence-corrected chi connectivity index (χ4v) is 1.68. The summed E-state index contributed by atoms with van der Waals surface area (Å²) in [6.07, 6.45) is 5.72. The number of hydrogen-bond acceptors (Lipinski definition) is 2. The fraction of sp³-hybridized carbons (Fsp3) is 0.750. The molecule has 0 saturated heterocycles. The molecular formula is C12H20O2. The Hall–Kier alpha value is -0.790. The minimum absolute atomic E-state index is 0.106. The van der Waals surface area contributed by atoms with Crippen LogP contribution in [-0.4, -0.2) is 10.9 Å². The highest BCUT2D eigenvalue weighted by Gasteiger charge is 2.23. The highest BCUT2D eigenvalue weighted by molar-refractivity contribution is 5.92. The fourth-order valence-electron chi connectivity index (χ4n) is 1.68. The molecule has 0 radical (unpaired) electrons. The van der Waals surface area contributed by atoms with Crippen molar-refractivity contribution >= 4 is 5.78 Å². The van der Waals surface area contributed by atoms with Crippen LogP contribution in [0, 0.1) is 11.3 Å². The first-order chi connectivity index (χ1) is 6.41. The van der Waals surface area contributed by atoms with Crippen LogP contribution in [-0.2, 0) is 4.79 Å². The molecule has 0 amide bonds. The van der Waals surface area contributed by atoms with Gasteiger partial charge in [-0.2, -0.15) is 0 Å². The number of ketones is 1. The van der Waals surface area contributed by atoms with E-state index in [1.807, 2.05) is 20.8 Å². The van der Waals surface area contributed by atoms with Gasteiger partial charge < -0.3 is 5.11 Å². The van der Waals surface area contributed by atoms with Crippen LogP contribution in [0.4, 0.5) is 0 Å². The van der Waals surface area contributed by atoms with Crippen molar-refractivity contribution in [2.24, 2.45) is 11.3 Å². The van der Waals surface area contributed by atoms with Gasteiger partial charge in [0.1, 0.15) is 5.76 Å². The highest BCUT2D eigenvalue weighted by atomic mass is 16.3. The minimum atomic E-state index is -0.311. The lowest BCUT2D eigenvalue weighted by atomic mass is 9.91. The van der Waals surface area contributed by atoms with Gasteiger partial charge in [-0.25, -0.2) is 0 Å². The molecule has 0 aromatic rings. The average molecular weight is 196 g/mol. The Morgan fingerprint density at radius 2 is 1.79 bits per heavy atom. The smallest absolute Gasteiger partial charge is 0.162 e. The number of aliphatic hydroxyl groups excluding tert-OH is 1. The molecule has 0 spiro atoms. The van der Waals surface area contributed by atoms with Crippen LogP contribution < -0.4 is 0 Å². The van der Waals surface area contributed by atoms with E-state index in [4.69, 9.17) is 0 Å². The summed E-state index contributed by atoms with van der Waals surface area (Å²) >= 11 is 0. The van der Waals surface area contributed by atoms with Gasteiger partial charge in [-0.1, -0.05) is 33.6 Å². The van der Waals surface area contributed by atoms with Crippen molar-refractivity contribution in [1.82, 2.24) is 0 Å². The van der Waals surface area contributed by atoms with Gasteiger partial charge in [-0.15, -0.1) is 0 Å². The first-order valence-corrected chi connectivity index (χ1v) is 5.36. The molecule has 14 heavy (non-hydrogen) atoms. The SMILES string of the molecule is CC(C)(C)/C(O)=C/C(=O)C1CCCC1. The standard InChI is InChI=1S/C12H20O2/c1-12(2,3)11(14)8-10(13)9-6-4-5-7-9/h8-9,14H,4-7H2,1-3H3/b11-8-. The summed E-state index contributed by atoms with van der Waals surface area (Å²) in [5.41, 5.74) is -0.311. The maximum atomic E-state index is 11.7. The van der Waals surface area contributed by atoms with Gasteiger partial charge in [-0.3, -0.25) is 4.79 Å². The second-order valence-electron chi connectivity index (χ2n) is 5.16. The summed E-state index contributed by atoms with van der Waals surface area (Å²) in [5, 5.41) is 9.66. The normalized spacial score (nSPS) is 20.1. The van der Waals surface area contributed by atoms with E-state index in [1.54, 1.807) is 0 Å². The predicted molar refractivity (Wildman–Crippen MR) is 57.1 cm³/mol. The van der Waals surface area contributed by atoms with Crippen molar-refractivity contribution < 1.29 is 9.90 Å². The van der Waals surface area contributed by atoms with Gasteiger partial charge in [0.15, 0.2) is 5.78 Å². The van der Waals surface area contributed by atoms with E-state index in [1.165, 1.54) is 6.08 Å². The molecule has 2 nitrogen and oxygen atoms in total. The van der Waals surface area contributed by atoms with Gasteiger partial charge in [0, 0.05) is 17.4 Å². The van der Waals surface area contributed by atoms with Gasteiger partial charge in [0.25, 0.3) is 0 Å². The zero-order valence-corrected chi connectivity index (χ0v) is 9.34. The van der Waals surface area contributed by atoms with Crippen molar-refractivity contribution in [2.75, 3.05) is 0 Å². The summed E-state index contributed by atoms with van der Waals surface area (Å²) < 4.78 is 0. The Morgan fingerprint density at radius 3 is 2.21 bits per heavy atom. The van der Waals surface area contributed by atoms with Crippen molar-refractivity contribution in [3.8, 4) is 0 Å². The van der Waals surface area contributed by atoms with Gasteiger partial charge in [-0.05, 0) is 12.8 Å². The van der Waals surface area contributed by atoms with Crippen LogP contribution in [0.2, 0.25) is 0 Å². The minimum Gasteiger partial charge on any atom is -0.512 e. The van der Waals surface area contributed by atoms with Crippen molar-refractivity contribution in [3.05, 3.63) is 11.8 Å². The Bertz CT molecular complexity index is 240. The van der Waals surface area contributed by atoms with E-state index < -0.39 is 0 Å². The van der Waals surface area contributed by atoms with Crippen LogP contribution in [0.1, 0.15) is 46.5 Å². The van der Waals surface area contributed by atoms with Crippen molar-refractivity contribution in [3.63, 3.8) is 0 Å². The quantitative estimate of drug-likeness (QED) is 0.544. The third-order valence-corrected chi connectivity index (χ3v) is 2.80. The van der Waals surface area contributed by atoms with E-state index in [-0.39, 0.29) is 22.9 Å². The molecule has 0 atom stereocenters. The molecule has 0 aliphatic heterocycles. The zero-order valence-electron chi connectivity index (χ0n) is 9.34. The van der Waals surface area contributed by atoms with E-state index in [0.29, 0.717) is 0 Å². The number of carbonyl (C=O) groups excluding carboxylic acids is 1. The third-order valence-electron chi connectivity index (χ3n) is 2.80. The molecule has 1 saturated carbocycles. The van der Waals surface area contributed by atoms with E-state index in [9.17, 15) is 9.90 Å². The maximum absolute atomic E-state index is 11.7. The Kier molecular flexibility index (Phi) is 3.35. The van der Waals surface area contributed by atoms with E-state index in [2.05, 4.69) is 0 Å². The van der Waals surface area contributed by atoms with Gasteiger partial charge in [0.2, 0.25) is 0 Å². The number of aliphatic hydroxyl groups is 1. The van der Waals surface area contributed by atoms with Crippen LogP contribution in [0.5, 0.6) is 0 Å². The Balaban J connectivity index is 2.62. The number of hydrogen-bond donors (Lipinski definition) is 1. The maximum Gasteiger partial charge on any atom is 0.162 e. The van der Waals surface area contributed by atoms with Crippen molar-refractivity contribution in [2.45, 2.75) is 46.5 Å². The van der Waals surface area contributed by atoms with Crippen LogP contribution in [0.3, 0.4) is 0 Å². The van der Waals surface area contributed by atoms with E-state index in [0.717, 1.165) is 25.7 Å². The lowest BCUT2D eigenvalue weighted by Gasteiger charge is -2.17. The molecule has 0 aromatic heterocycles. The summed E-state index contributed by atoms with van der Waals surface area (Å²) in [4.78, 5) is 11.7. The first kappa shape index (κ1) is 11.3.